The Bertz CT molecular complexity index is 537. The van der Waals surface area contributed by atoms with Crippen molar-refractivity contribution < 1.29 is 13.2 Å². The third-order valence-electron chi connectivity index (χ3n) is 4.53. The Morgan fingerprint density at radius 2 is 1.95 bits per heavy atom. The van der Waals surface area contributed by atoms with Crippen LogP contribution in [0.1, 0.15) is 50.2 Å². The summed E-state index contributed by atoms with van der Waals surface area (Å²) >= 11 is 0. The van der Waals surface area contributed by atoms with E-state index in [-0.39, 0.29) is 11.0 Å². The van der Waals surface area contributed by atoms with Crippen LogP contribution in [0.4, 0.5) is 18.9 Å². The molecule has 0 atom stereocenters. The van der Waals surface area contributed by atoms with Crippen LogP contribution in [-0.4, -0.2) is 6.54 Å². The van der Waals surface area contributed by atoms with Gasteiger partial charge in [-0.1, -0.05) is 19.8 Å². The number of alkyl halides is 3. The highest BCUT2D eigenvalue weighted by Gasteiger charge is 2.34. The Labute approximate surface area is 123 Å². The Hall–Kier alpha value is -1.70. The summed E-state index contributed by atoms with van der Waals surface area (Å²) in [6, 6.07) is 5.42. The maximum absolute atomic E-state index is 12.9. The second-order valence-corrected chi connectivity index (χ2v) is 5.78. The normalized spacial score (nSPS) is 17.5. The average Bonchev–Trinajstić information content (AvgIpc) is 2.93. The summed E-state index contributed by atoms with van der Waals surface area (Å²) in [6.45, 7) is 2.82. The molecule has 1 saturated carbocycles. The van der Waals surface area contributed by atoms with E-state index < -0.39 is 11.7 Å². The lowest BCUT2D eigenvalue weighted by Crippen LogP contribution is -2.26. The molecule has 21 heavy (non-hydrogen) atoms. The van der Waals surface area contributed by atoms with E-state index in [4.69, 9.17) is 5.26 Å². The van der Waals surface area contributed by atoms with Gasteiger partial charge in [-0.15, -0.1) is 0 Å². The van der Waals surface area contributed by atoms with Crippen molar-refractivity contribution >= 4 is 5.69 Å². The molecule has 0 spiro atoms. The molecule has 1 aliphatic carbocycles. The summed E-state index contributed by atoms with van der Waals surface area (Å²) in [7, 11) is 0. The summed E-state index contributed by atoms with van der Waals surface area (Å²) in [5, 5.41) is 11.9. The van der Waals surface area contributed by atoms with Gasteiger partial charge < -0.3 is 5.32 Å². The monoisotopic (exact) mass is 296 g/mol. The van der Waals surface area contributed by atoms with Crippen LogP contribution >= 0.6 is 0 Å². The van der Waals surface area contributed by atoms with E-state index in [1.54, 1.807) is 12.1 Å². The number of hydrogen-bond donors (Lipinski definition) is 1. The number of nitrogens with zero attached hydrogens (tertiary/aromatic N) is 1. The van der Waals surface area contributed by atoms with Crippen molar-refractivity contribution in [3.05, 3.63) is 29.3 Å². The molecule has 0 bridgehead atoms. The van der Waals surface area contributed by atoms with Crippen LogP contribution in [0.5, 0.6) is 0 Å². The summed E-state index contributed by atoms with van der Waals surface area (Å²) < 4.78 is 38.8. The molecular weight excluding hydrogens is 277 g/mol. The van der Waals surface area contributed by atoms with Gasteiger partial charge in [0.2, 0.25) is 0 Å². The van der Waals surface area contributed by atoms with Gasteiger partial charge >= 0.3 is 6.18 Å². The highest BCUT2D eigenvalue weighted by atomic mass is 19.4. The molecular formula is C16H19F3N2. The minimum Gasteiger partial charge on any atom is -0.384 e. The number of anilines is 1. The third kappa shape index (κ3) is 3.49. The van der Waals surface area contributed by atoms with Gasteiger partial charge in [0.25, 0.3) is 0 Å². The van der Waals surface area contributed by atoms with Crippen LogP contribution in [0, 0.1) is 16.7 Å². The van der Waals surface area contributed by atoms with Gasteiger partial charge in [0.1, 0.15) is 0 Å². The molecule has 0 aromatic heterocycles. The van der Waals surface area contributed by atoms with Crippen LogP contribution < -0.4 is 5.32 Å². The first-order valence-corrected chi connectivity index (χ1v) is 7.25. The fraction of sp³-hybridized carbons (Fsp3) is 0.562. The third-order valence-corrected chi connectivity index (χ3v) is 4.53. The van der Waals surface area contributed by atoms with E-state index in [0.29, 0.717) is 12.2 Å². The maximum Gasteiger partial charge on any atom is 0.417 e. The predicted octanol–water partition coefficient (Wildman–Crippen LogP) is 4.96. The van der Waals surface area contributed by atoms with E-state index in [0.717, 1.165) is 25.3 Å². The van der Waals surface area contributed by atoms with Gasteiger partial charge in [0.05, 0.1) is 17.2 Å². The Morgan fingerprint density at radius 3 is 2.48 bits per heavy atom. The van der Waals surface area contributed by atoms with Crippen LogP contribution in [0.25, 0.3) is 0 Å². The standard InChI is InChI=1S/C16H19F3N2/c1-2-15(7-3-4-8-15)11-21-13-6-5-12(10-20)14(9-13)16(17,18)19/h5-6,9,21H,2-4,7-8,11H2,1H3. The van der Waals surface area contributed by atoms with E-state index >= 15 is 0 Å². The molecule has 0 heterocycles. The number of rotatable bonds is 4. The predicted molar refractivity (Wildman–Crippen MR) is 75.8 cm³/mol. The van der Waals surface area contributed by atoms with Gasteiger partial charge in [0, 0.05) is 12.2 Å². The zero-order valence-corrected chi connectivity index (χ0v) is 12.1. The van der Waals surface area contributed by atoms with E-state index in [2.05, 4.69) is 12.2 Å². The number of hydrogen-bond acceptors (Lipinski definition) is 2. The van der Waals surface area contributed by atoms with E-state index in [9.17, 15) is 13.2 Å². The summed E-state index contributed by atoms with van der Waals surface area (Å²) in [6.07, 6.45) is 1.16. The first-order chi connectivity index (χ1) is 9.90. The summed E-state index contributed by atoms with van der Waals surface area (Å²) in [5.74, 6) is 0. The summed E-state index contributed by atoms with van der Waals surface area (Å²) in [4.78, 5) is 0. The Balaban J connectivity index is 2.16. The molecule has 0 saturated heterocycles. The molecule has 1 N–H and O–H groups in total. The minimum atomic E-state index is -4.50. The summed E-state index contributed by atoms with van der Waals surface area (Å²) in [5.41, 5.74) is -0.570. The van der Waals surface area contributed by atoms with Gasteiger partial charge in [-0.2, -0.15) is 18.4 Å². The van der Waals surface area contributed by atoms with Gasteiger partial charge in [-0.3, -0.25) is 0 Å². The van der Waals surface area contributed by atoms with E-state index in [1.165, 1.54) is 18.9 Å². The molecule has 0 amide bonds. The fourth-order valence-corrected chi connectivity index (χ4v) is 3.06. The molecule has 1 aliphatic rings. The molecule has 1 fully saturated rings. The quantitative estimate of drug-likeness (QED) is 0.852. The SMILES string of the molecule is CCC1(CNc2ccc(C#N)c(C(F)(F)F)c2)CCCC1. The number of nitriles is 1. The number of benzene rings is 1. The Kier molecular flexibility index (Phi) is 4.46. The maximum atomic E-state index is 12.9. The molecule has 2 nitrogen and oxygen atoms in total. The zero-order valence-electron chi connectivity index (χ0n) is 12.1. The lowest BCUT2D eigenvalue weighted by Gasteiger charge is -2.28. The lowest BCUT2D eigenvalue weighted by atomic mass is 9.83. The first-order valence-electron chi connectivity index (χ1n) is 7.25. The second-order valence-electron chi connectivity index (χ2n) is 5.78. The molecule has 0 radical (unpaired) electrons. The highest BCUT2D eigenvalue weighted by Crippen LogP contribution is 2.41. The molecule has 5 heteroatoms. The van der Waals surface area contributed by atoms with Gasteiger partial charge in [-0.25, -0.2) is 0 Å². The number of nitrogens with one attached hydrogen (secondary N) is 1. The lowest BCUT2D eigenvalue weighted by molar-refractivity contribution is -0.137. The van der Waals surface area contributed by atoms with Crippen molar-refractivity contribution in [1.29, 1.82) is 5.26 Å². The average molecular weight is 296 g/mol. The number of halogens is 3. The second kappa shape index (κ2) is 5.97. The van der Waals surface area contributed by atoms with Crippen molar-refractivity contribution in [2.75, 3.05) is 11.9 Å². The molecule has 2 rings (SSSR count). The molecule has 0 unspecified atom stereocenters. The highest BCUT2D eigenvalue weighted by molar-refractivity contribution is 5.53. The molecule has 1 aromatic rings. The van der Waals surface area contributed by atoms with E-state index in [1.807, 2.05) is 0 Å². The van der Waals surface area contributed by atoms with Crippen molar-refractivity contribution in [2.45, 2.75) is 45.2 Å². The van der Waals surface area contributed by atoms with Crippen molar-refractivity contribution in [1.82, 2.24) is 0 Å². The minimum absolute atomic E-state index is 0.201. The van der Waals surface area contributed by atoms with Crippen molar-refractivity contribution in [3.63, 3.8) is 0 Å². The smallest absolute Gasteiger partial charge is 0.384 e. The van der Waals surface area contributed by atoms with Crippen LogP contribution in [-0.2, 0) is 6.18 Å². The van der Waals surface area contributed by atoms with Gasteiger partial charge in [0.15, 0.2) is 0 Å². The fourth-order valence-electron chi connectivity index (χ4n) is 3.06. The zero-order chi connectivity index (χ0) is 15.5. The molecule has 0 aliphatic heterocycles. The Morgan fingerprint density at radius 1 is 1.29 bits per heavy atom. The molecule has 1 aromatic carbocycles. The van der Waals surface area contributed by atoms with Crippen molar-refractivity contribution in [3.8, 4) is 6.07 Å². The van der Waals surface area contributed by atoms with Crippen LogP contribution in [0.2, 0.25) is 0 Å². The van der Waals surface area contributed by atoms with Crippen LogP contribution in [0.15, 0.2) is 18.2 Å². The van der Waals surface area contributed by atoms with Gasteiger partial charge in [-0.05, 0) is 42.9 Å². The largest absolute Gasteiger partial charge is 0.417 e. The molecule has 114 valence electrons. The first kappa shape index (κ1) is 15.7. The van der Waals surface area contributed by atoms with Crippen molar-refractivity contribution in [2.24, 2.45) is 5.41 Å². The topological polar surface area (TPSA) is 35.8 Å². The van der Waals surface area contributed by atoms with Crippen LogP contribution in [0.3, 0.4) is 0 Å².